The molecular weight excluding hydrogens is 250 g/mol. The van der Waals surface area contributed by atoms with Gasteiger partial charge >= 0.3 is 6.03 Å². The summed E-state index contributed by atoms with van der Waals surface area (Å²) in [6.07, 6.45) is 0.595. The number of hydrogen-bond acceptors (Lipinski definition) is 4. The van der Waals surface area contributed by atoms with Crippen molar-refractivity contribution in [1.82, 2.24) is 5.32 Å². The minimum absolute atomic E-state index is 0.0491. The number of amides is 2. The summed E-state index contributed by atoms with van der Waals surface area (Å²) in [5.74, 6) is 0. The Kier molecular flexibility index (Phi) is 5.25. The van der Waals surface area contributed by atoms with Crippen molar-refractivity contribution in [2.24, 2.45) is 0 Å². The number of benzene rings is 1. The molecule has 0 radical (unpaired) electrons. The van der Waals surface area contributed by atoms with Gasteiger partial charge in [-0.3, -0.25) is 10.1 Å². The van der Waals surface area contributed by atoms with Gasteiger partial charge in [0, 0.05) is 17.3 Å². The molecule has 0 fully saturated rings. The summed E-state index contributed by atoms with van der Waals surface area (Å²) in [7, 11) is 0. The van der Waals surface area contributed by atoms with E-state index in [-0.39, 0.29) is 18.3 Å². The summed E-state index contributed by atoms with van der Waals surface area (Å²) in [5.41, 5.74) is 0.812. The van der Waals surface area contributed by atoms with Crippen molar-refractivity contribution in [3.63, 3.8) is 0 Å². The molecule has 7 heteroatoms. The van der Waals surface area contributed by atoms with Crippen LogP contribution in [0.3, 0.4) is 0 Å². The monoisotopic (exact) mass is 267 g/mol. The molecule has 0 saturated carbocycles. The number of carbonyl (C=O) groups is 1. The molecule has 0 heterocycles. The van der Waals surface area contributed by atoms with Gasteiger partial charge in [-0.15, -0.1) is 0 Å². The van der Waals surface area contributed by atoms with E-state index in [2.05, 4.69) is 10.6 Å². The topological polar surface area (TPSA) is 104 Å². The van der Waals surface area contributed by atoms with Crippen LogP contribution in [0, 0.1) is 17.0 Å². The predicted octanol–water partition coefficient (Wildman–Crippen LogP) is 1.80. The Morgan fingerprint density at radius 2 is 2.21 bits per heavy atom. The number of nitrogens with one attached hydrogen (secondary N) is 2. The Morgan fingerprint density at radius 1 is 1.53 bits per heavy atom. The Bertz CT molecular complexity index is 472. The molecule has 19 heavy (non-hydrogen) atoms. The van der Waals surface area contributed by atoms with Gasteiger partial charge in [-0.25, -0.2) is 4.79 Å². The molecule has 104 valence electrons. The van der Waals surface area contributed by atoms with Crippen molar-refractivity contribution in [3.05, 3.63) is 33.9 Å². The third-order valence-electron chi connectivity index (χ3n) is 2.71. The third-order valence-corrected chi connectivity index (χ3v) is 2.71. The molecule has 1 unspecified atom stereocenters. The van der Waals surface area contributed by atoms with Crippen molar-refractivity contribution >= 4 is 17.4 Å². The fraction of sp³-hybridized carbons (Fsp3) is 0.417. The molecular formula is C12H17N3O4. The van der Waals surface area contributed by atoms with E-state index >= 15 is 0 Å². The number of carbonyl (C=O) groups excluding carboxylic acids is 1. The largest absolute Gasteiger partial charge is 0.394 e. The maximum absolute atomic E-state index is 11.6. The Hall–Kier alpha value is -2.15. The number of nitro benzene ring substituents is 1. The zero-order chi connectivity index (χ0) is 14.4. The van der Waals surface area contributed by atoms with Gasteiger partial charge in [-0.05, 0) is 19.4 Å². The van der Waals surface area contributed by atoms with Crippen LogP contribution in [0.2, 0.25) is 0 Å². The second kappa shape index (κ2) is 6.69. The van der Waals surface area contributed by atoms with E-state index in [9.17, 15) is 14.9 Å². The number of urea groups is 1. The molecule has 1 aromatic carbocycles. The molecule has 0 saturated heterocycles. The second-order valence-electron chi connectivity index (χ2n) is 4.14. The number of aliphatic hydroxyl groups is 1. The van der Waals surface area contributed by atoms with Gasteiger partial charge in [0.25, 0.3) is 5.69 Å². The molecule has 3 N–H and O–H groups in total. The van der Waals surface area contributed by atoms with E-state index in [1.165, 1.54) is 6.07 Å². The van der Waals surface area contributed by atoms with Gasteiger partial charge in [0.05, 0.1) is 17.6 Å². The fourth-order valence-electron chi connectivity index (χ4n) is 1.51. The van der Waals surface area contributed by atoms with E-state index < -0.39 is 11.0 Å². The summed E-state index contributed by atoms with van der Waals surface area (Å²) in [6, 6.07) is 3.62. The highest BCUT2D eigenvalue weighted by molar-refractivity contribution is 5.89. The van der Waals surface area contributed by atoms with Gasteiger partial charge in [-0.1, -0.05) is 13.0 Å². The lowest BCUT2D eigenvalue weighted by atomic mass is 10.2. The van der Waals surface area contributed by atoms with Crippen molar-refractivity contribution in [1.29, 1.82) is 0 Å². The molecule has 7 nitrogen and oxygen atoms in total. The first kappa shape index (κ1) is 14.9. The molecule has 0 aliphatic carbocycles. The number of nitrogens with zero attached hydrogens (tertiary/aromatic N) is 1. The lowest BCUT2D eigenvalue weighted by molar-refractivity contribution is -0.385. The van der Waals surface area contributed by atoms with E-state index in [4.69, 9.17) is 5.11 Å². The van der Waals surface area contributed by atoms with E-state index in [1.807, 2.05) is 6.92 Å². The van der Waals surface area contributed by atoms with E-state index in [1.54, 1.807) is 19.1 Å². The van der Waals surface area contributed by atoms with Gasteiger partial charge in [0.1, 0.15) is 0 Å². The molecule has 0 spiro atoms. The second-order valence-corrected chi connectivity index (χ2v) is 4.14. The smallest absolute Gasteiger partial charge is 0.319 e. The predicted molar refractivity (Wildman–Crippen MR) is 71.2 cm³/mol. The van der Waals surface area contributed by atoms with Gasteiger partial charge in [-0.2, -0.15) is 0 Å². The summed E-state index contributed by atoms with van der Waals surface area (Å²) in [5, 5.41) is 24.8. The molecule has 2 amide bonds. The molecule has 1 atom stereocenters. The number of aliphatic hydroxyl groups excluding tert-OH is 1. The van der Waals surface area contributed by atoms with Crippen LogP contribution in [-0.2, 0) is 0 Å². The summed E-state index contributed by atoms with van der Waals surface area (Å²) < 4.78 is 0. The molecule has 0 aliphatic rings. The van der Waals surface area contributed by atoms with Gasteiger partial charge < -0.3 is 15.7 Å². The highest BCUT2D eigenvalue weighted by atomic mass is 16.6. The van der Waals surface area contributed by atoms with Crippen molar-refractivity contribution < 1.29 is 14.8 Å². The van der Waals surface area contributed by atoms with Crippen LogP contribution in [0.1, 0.15) is 18.9 Å². The quantitative estimate of drug-likeness (QED) is 0.558. The van der Waals surface area contributed by atoms with Crippen molar-refractivity contribution in [2.75, 3.05) is 11.9 Å². The highest BCUT2D eigenvalue weighted by Crippen LogP contribution is 2.22. The van der Waals surface area contributed by atoms with Crippen molar-refractivity contribution in [2.45, 2.75) is 26.3 Å². The standard InChI is InChI=1S/C12H17N3O4/c1-3-9(7-16)13-12(17)14-10-5-4-8(2)11(6-10)15(18)19/h4-6,9,16H,3,7H2,1-2H3,(H2,13,14,17). The fourth-order valence-corrected chi connectivity index (χ4v) is 1.51. The Labute approximate surface area is 110 Å². The van der Waals surface area contributed by atoms with Crippen LogP contribution in [-0.4, -0.2) is 28.7 Å². The maximum atomic E-state index is 11.6. The highest BCUT2D eigenvalue weighted by Gasteiger charge is 2.13. The van der Waals surface area contributed by atoms with E-state index in [0.29, 0.717) is 17.7 Å². The Balaban J connectivity index is 2.74. The number of anilines is 1. The van der Waals surface area contributed by atoms with Crippen LogP contribution < -0.4 is 10.6 Å². The zero-order valence-electron chi connectivity index (χ0n) is 10.8. The molecule has 0 bridgehead atoms. The lowest BCUT2D eigenvalue weighted by Crippen LogP contribution is -2.39. The molecule has 0 aliphatic heterocycles. The van der Waals surface area contributed by atoms with Crippen LogP contribution in [0.15, 0.2) is 18.2 Å². The average Bonchev–Trinajstić information content (AvgIpc) is 2.37. The first-order valence-electron chi connectivity index (χ1n) is 5.91. The maximum Gasteiger partial charge on any atom is 0.319 e. The van der Waals surface area contributed by atoms with Crippen LogP contribution >= 0.6 is 0 Å². The van der Waals surface area contributed by atoms with Crippen molar-refractivity contribution in [3.8, 4) is 0 Å². The number of aryl methyl sites for hydroxylation is 1. The van der Waals surface area contributed by atoms with Gasteiger partial charge in [0.2, 0.25) is 0 Å². The minimum Gasteiger partial charge on any atom is -0.394 e. The lowest BCUT2D eigenvalue weighted by Gasteiger charge is -2.14. The van der Waals surface area contributed by atoms with Gasteiger partial charge in [0.15, 0.2) is 0 Å². The molecule has 1 rings (SSSR count). The Morgan fingerprint density at radius 3 is 2.74 bits per heavy atom. The number of nitro groups is 1. The third kappa shape index (κ3) is 4.22. The summed E-state index contributed by atoms with van der Waals surface area (Å²) in [6.45, 7) is 3.30. The molecule has 1 aromatic rings. The summed E-state index contributed by atoms with van der Waals surface area (Å²) in [4.78, 5) is 21.9. The van der Waals surface area contributed by atoms with Crippen LogP contribution in [0.4, 0.5) is 16.2 Å². The number of rotatable bonds is 5. The van der Waals surface area contributed by atoms with Crippen LogP contribution in [0.5, 0.6) is 0 Å². The first-order chi connectivity index (χ1) is 8.97. The molecule has 0 aromatic heterocycles. The normalized spacial score (nSPS) is 11.7. The zero-order valence-corrected chi connectivity index (χ0v) is 10.8. The first-order valence-corrected chi connectivity index (χ1v) is 5.91. The number of hydrogen-bond donors (Lipinski definition) is 3. The SMILES string of the molecule is CCC(CO)NC(=O)Nc1ccc(C)c([N+](=O)[O-])c1. The summed E-state index contributed by atoms with van der Waals surface area (Å²) >= 11 is 0. The van der Waals surface area contributed by atoms with Crippen LogP contribution in [0.25, 0.3) is 0 Å². The minimum atomic E-state index is -0.501. The average molecular weight is 267 g/mol. The van der Waals surface area contributed by atoms with E-state index in [0.717, 1.165) is 0 Å².